The minimum Gasteiger partial charge on any atom is -0.294 e. The Morgan fingerprint density at radius 1 is 1.00 bits per heavy atom. The van der Waals surface area contributed by atoms with E-state index >= 15 is 0 Å². The molecule has 0 unspecified atom stereocenters. The number of hydrogen-bond acceptors (Lipinski definition) is 1. The molecule has 0 aliphatic rings. The molecule has 0 fully saturated rings. The number of carbonyl (C=O) groups excluding carboxylic acids is 1. The van der Waals surface area contributed by atoms with Gasteiger partial charge in [0.15, 0.2) is 17.4 Å². The van der Waals surface area contributed by atoms with Crippen LogP contribution in [0.25, 0.3) is 0 Å². The zero-order chi connectivity index (χ0) is 14.0. The Labute approximate surface area is 108 Å². The van der Waals surface area contributed by atoms with E-state index in [0.29, 0.717) is 0 Å². The van der Waals surface area contributed by atoms with Crippen molar-refractivity contribution in [2.75, 3.05) is 0 Å². The summed E-state index contributed by atoms with van der Waals surface area (Å²) in [7, 11) is 0. The maximum Gasteiger partial charge on any atom is 0.170 e. The lowest BCUT2D eigenvalue weighted by atomic mass is 10.0. The van der Waals surface area contributed by atoms with Gasteiger partial charge in [-0.15, -0.1) is 0 Å². The standard InChI is InChI=1S/C15H11F3O/c1-9-6-7-11(15(18)14(9)17)13(19)8-10-4-2-3-5-12(10)16/h2-7H,8H2,1H3. The summed E-state index contributed by atoms with van der Waals surface area (Å²) >= 11 is 0. The van der Waals surface area contributed by atoms with Gasteiger partial charge in [-0.2, -0.15) is 0 Å². The van der Waals surface area contributed by atoms with Gasteiger partial charge in [-0.05, 0) is 30.2 Å². The third-order valence-electron chi connectivity index (χ3n) is 2.88. The van der Waals surface area contributed by atoms with Gasteiger partial charge in [0, 0.05) is 6.42 Å². The van der Waals surface area contributed by atoms with E-state index < -0.39 is 23.2 Å². The third-order valence-corrected chi connectivity index (χ3v) is 2.88. The number of aryl methyl sites for hydroxylation is 1. The zero-order valence-electron chi connectivity index (χ0n) is 10.2. The van der Waals surface area contributed by atoms with Crippen LogP contribution in [0.4, 0.5) is 13.2 Å². The molecule has 19 heavy (non-hydrogen) atoms. The molecule has 0 saturated carbocycles. The van der Waals surface area contributed by atoms with Crippen molar-refractivity contribution in [3.8, 4) is 0 Å². The topological polar surface area (TPSA) is 17.1 Å². The summed E-state index contributed by atoms with van der Waals surface area (Å²) in [6.45, 7) is 1.41. The van der Waals surface area contributed by atoms with Gasteiger partial charge in [0.2, 0.25) is 0 Å². The van der Waals surface area contributed by atoms with Gasteiger partial charge in [0.25, 0.3) is 0 Å². The van der Waals surface area contributed by atoms with Crippen LogP contribution in [0.1, 0.15) is 21.5 Å². The Balaban J connectivity index is 2.31. The van der Waals surface area contributed by atoms with Crippen LogP contribution in [0.2, 0.25) is 0 Å². The van der Waals surface area contributed by atoms with E-state index in [1.165, 1.54) is 37.3 Å². The first-order chi connectivity index (χ1) is 9.00. The quantitative estimate of drug-likeness (QED) is 0.770. The van der Waals surface area contributed by atoms with Crippen LogP contribution in [0.3, 0.4) is 0 Å². The van der Waals surface area contributed by atoms with Crippen molar-refractivity contribution >= 4 is 5.78 Å². The Kier molecular flexibility index (Phi) is 3.69. The van der Waals surface area contributed by atoms with Crippen LogP contribution in [0, 0.1) is 24.4 Å². The van der Waals surface area contributed by atoms with Crippen molar-refractivity contribution in [3.05, 3.63) is 70.5 Å². The average Bonchev–Trinajstić information content (AvgIpc) is 2.39. The molecular formula is C15H11F3O. The van der Waals surface area contributed by atoms with E-state index in [9.17, 15) is 18.0 Å². The molecule has 4 heteroatoms. The van der Waals surface area contributed by atoms with Crippen molar-refractivity contribution in [1.82, 2.24) is 0 Å². The molecule has 0 radical (unpaired) electrons. The number of hydrogen-bond donors (Lipinski definition) is 0. The molecule has 0 aromatic heterocycles. The summed E-state index contributed by atoms with van der Waals surface area (Å²) < 4.78 is 40.4. The highest BCUT2D eigenvalue weighted by molar-refractivity contribution is 5.97. The van der Waals surface area contributed by atoms with E-state index in [-0.39, 0.29) is 23.1 Å². The van der Waals surface area contributed by atoms with Crippen molar-refractivity contribution in [1.29, 1.82) is 0 Å². The van der Waals surface area contributed by atoms with E-state index in [0.717, 1.165) is 0 Å². The summed E-state index contributed by atoms with van der Waals surface area (Å²) in [6, 6.07) is 8.28. The van der Waals surface area contributed by atoms with Crippen LogP contribution < -0.4 is 0 Å². The monoisotopic (exact) mass is 264 g/mol. The Hall–Kier alpha value is -2.10. The largest absolute Gasteiger partial charge is 0.294 e. The van der Waals surface area contributed by atoms with Gasteiger partial charge in [-0.25, -0.2) is 13.2 Å². The molecule has 0 saturated heterocycles. The maximum absolute atomic E-state index is 13.6. The number of Topliss-reactive ketones (excluding diaryl/α,β-unsaturated/α-hetero) is 1. The fourth-order valence-corrected chi connectivity index (χ4v) is 1.77. The summed E-state index contributed by atoms with van der Waals surface area (Å²) in [5, 5.41) is 0. The molecule has 0 bridgehead atoms. The van der Waals surface area contributed by atoms with Crippen molar-refractivity contribution in [2.24, 2.45) is 0 Å². The van der Waals surface area contributed by atoms with Crippen molar-refractivity contribution in [2.45, 2.75) is 13.3 Å². The summed E-state index contributed by atoms with van der Waals surface area (Å²) in [5.74, 6) is -3.41. The minimum atomic E-state index is -1.18. The van der Waals surface area contributed by atoms with Crippen molar-refractivity contribution in [3.63, 3.8) is 0 Å². The Bertz CT molecular complexity index is 635. The highest BCUT2D eigenvalue weighted by atomic mass is 19.2. The second-order valence-electron chi connectivity index (χ2n) is 4.25. The number of halogens is 3. The Morgan fingerprint density at radius 2 is 1.68 bits per heavy atom. The van der Waals surface area contributed by atoms with Gasteiger partial charge < -0.3 is 0 Å². The summed E-state index contributed by atoms with van der Waals surface area (Å²) in [5.41, 5.74) is -0.0702. The normalized spacial score (nSPS) is 10.5. The summed E-state index contributed by atoms with van der Waals surface area (Å²) in [6.07, 6.45) is -0.300. The molecule has 1 nitrogen and oxygen atoms in total. The Morgan fingerprint density at radius 3 is 2.37 bits per heavy atom. The summed E-state index contributed by atoms with van der Waals surface area (Å²) in [4.78, 5) is 11.9. The van der Waals surface area contributed by atoms with E-state index in [1.54, 1.807) is 6.07 Å². The fraction of sp³-hybridized carbons (Fsp3) is 0.133. The van der Waals surface area contributed by atoms with Gasteiger partial charge in [0.05, 0.1) is 5.56 Å². The lowest BCUT2D eigenvalue weighted by Gasteiger charge is -2.06. The molecule has 0 aliphatic carbocycles. The van der Waals surface area contributed by atoms with Crippen LogP contribution in [-0.2, 0) is 6.42 Å². The minimum absolute atomic E-state index is 0.125. The number of rotatable bonds is 3. The molecule has 0 N–H and O–H groups in total. The molecule has 2 rings (SSSR count). The molecule has 2 aromatic rings. The molecule has 0 aliphatic heterocycles. The number of benzene rings is 2. The second kappa shape index (κ2) is 5.26. The highest BCUT2D eigenvalue weighted by Gasteiger charge is 2.18. The van der Waals surface area contributed by atoms with Crippen LogP contribution in [0.5, 0.6) is 0 Å². The number of carbonyl (C=O) groups is 1. The molecular weight excluding hydrogens is 253 g/mol. The van der Waals surface area contributed by atoms with E-state index in [2.05, 4.69) is 0 Å². The predicted molar refractivity (Wildman–Crippen MR) is 65.5 cm³/mol. The lowest BCUT2D eigenvalue weighted by molar-refractivity contribution is 0.0987. The first kappa shape index (κ1) is 13.3. The maximum atomic E-state index is 13.6. The van der Waals surface area contributed by atoms with Gasteiger partial charge >= 0.3 is 0 Å². The van der Waals surface area contributed by atoms with Gasteiger partial charge in [-0.1, -0.05) is 24.3 Å². The smallest absolute Gasteiger partial charge is 0.170 e. The molecule has 0 heterocycles. The first-order valence-electron chi connectivity index (χ1n) is 5.72. The van der Waals surface area contributed by atoms with Crippen molar-refractivity contribution < 1.29 is 18.0 Å². The third kappa shape index (κ3) is 2.67. The fourth-order valence-electron chi connectivity index (χ4n) is 1.77. The molecule has 98 valence electrons. The van der Waals surface area contributed by atoms with Crippen LogP contribution in [0.15, 0.2) is 36.4 Å². The average molecular weight is 264 g/mol. The molecule has 2 aromatic carbocycles. The van der Waals surface area contributed by atoms with Crippen LogP contribution in [-0.4, -0.2) is 5.78 Å². The molecule has 0 atom stereocenters. The molecule has 0 spiro atoms. The second-order valence-corrected chi connectivity index (χ2v) is 4.25. The highest BCUT2D eigenvalue weighted by Crippen LogP contribution is 2.18. The zero-order valence-corrected chi connectivity index (χ0v) is 10.2. The van der Waals surface area contributed by atoms with Crippen LogP contribution >= 0.6 is 0 Å². The number of ketones is 1. The van der Waals surface area contributed by atoms with E-state index in [4.69, 9.17) is 0 Å². The van der Waals surface area contributed by atoms with Gasteiger partial charge in [-0.3, -0.25) is 4.79 Å². The SMILES string of the molecule is Cc1ccc(C(=O)Cc2ccccc2F)c(F)c1F. The first-order valence-corrected chi connectivity index (χ1v) is 5.72. The van der Waals surface area contributed by atoms with Gasteiger partial charge in [0.1, 0.15) is 5.82 Å². The van der Waals surface area contributed by atoms with E-state index in [1.807, 2.05) is 0 Å². The predicted octanol–water partition coefficient (Wildman–Crippen LogP) is 3.84. The molecule has 0 amide bonds. The lowest BCUT2D eigenvalue weighted by Crippen LogP contribution is -2.09.